The van der Waals surface area contributed by atoms with Crippen LogP contribution in [0, 0.1) is 0 Å². The van der Waals surface area contributed by atoms with Crippen LogP contribution < -0.4 is 0 Å². The molecule has 0 radical (unpaired) electrons. The summed E-state index contributed by atoms with van der Waals surface area (Å²) in [5.41, 5.74) is 0. The van der Waals surface area contributed by atoms with Crippen LogP contribution in [-0.2, 0) is 4.74 Å². The Morgan fingerprint density at radius 3 is 2.21 bits per heavy atom. The molecule has 1 aliphatic heterocycles. The normalized spacial score (nSPS) is 25.3. The van der Waals surface area contributed by atoms with Gasteiger partial charge in [-0.25, -0.2) is 0 Å². The summed E-state index contributed by atoms with van der Waals surface area (Å²) in [6.07, 6.45) is 10.2. The van der Waals surface area contributed by atoms with E-state index in [1.807, 2.05) is 0 Å². The van der Waals surface area contributed by atoms with E-state index in [2.05, 4.69) is 13.8 Å². The highest BCUT2D eigenvalue weighted by atomic mass is 16.6. The highest BCUT2D eigenvalue weighted by molar-refractivity contribution is 4.87. The molecule has 0 aromatic carbocycles. The number of hydrogen-bond donors (Lipinski definition) is 2. The number of aliphatic hydroxyl groups is 2. The second-order valence-corrected chi connectivity index (χ2v) is 5.93. The highest BCUT2D eigenvalue weighted by Crippen LogP contribution is 2.31. The van der Waals surface area contributed by atoms with Gasteiger partial charge in [-0.1, -0.05) is 58.8 Å². The molecule has 1 rings (SSSR count). The summed E-state index contributed by atoms with van der Waals surface area (Å²) < 4.78 is 5.48. The van der Waals surface area contributed by atoms with Gasteiger partial charge in [-0.2, -0.15) is 0 Å². The van der Waals surface area contributed by atoms with Crippen LogP contribution in [0.25, 0.3) is 0 Å². The zero-order chi connectivity index (χ0) is 14.1. The molecule has 2 N–H and O–H groups in total. The summed E-state index contributed by atoms with van der Waals surface area (Å²) >= 11 is 0. The Morgan fingerprint density at radius 2 is 1.53 bits per heavy atom. The van der Waals surface area contributed by atoms with Crippen molar-refractivity contribution in [2.24, 2.45) is 0 Å². The maximum Gasteiger partial charge on any atom is 0.0867 e. The van der Waals surface area contributed by atoms with E-state index in [-0.39, 0.29) is 6.10 Å². The lowest BCUT2D eigenvalue weighted by molar-refractivity contribution is 0.00457. The number of unbranched alkanes of at least 4 members (excludes halogenated alkanes) is 5. The molecular weight excluding hydrogens is 240 g/mol. The van der Waals surface area contributed by atoms with E-state index in [0.717, 1.165) is 25.7 Å². The fourth-order valence-electron chi connectivity index (χ4n) is 2.65. The Bertz CT molecular complexity index is 220. The third-order valence-electron chi connectivity index (χ3n) is 4.03. The quantitative estimate of drug-likeness (QED) is 0.423. The largest absolute Gasteiger partial charge is 0.390 e. The van der Waals surface area contributed by atoms with Gasteiger partial charge in [-0.05, 0) is 12.8 Å². The van der Waals surface area contributed by atoms with Crippen LogP contribution in [0.5, 0.6) is 0 Å². The first-order chi connectivity index (χ1) is 9.19. The molecule has 0 aliphatic carbocycles. The van der Waals surface area contributed by atoms with Gasteiger partial charge < -0.3 is 14.9 Å². The molecule has 4 atom stereocenters. The number of epoxide rings is 1. The number of hydrogen-bond acceptors (Lipinski definition) is 3. The van der Waals surface area contributed by atoms with Crippen LogP contribution in [0.2, 0.25) is 0 Å². The fourth-order valence-corrected chi connectivity index (χ4v) is 2.65. The van der Waals surface area contributed by atoms with Crippen molar-refractivity contribution in [2.75, 3.05) is 0 Å². The lowest BCUT2D eigenvalue weighted by Gasteiger charge is -2.16. The first kappa shape index (κ1) is 16.9. The zero-order valence-electron chi connectivity index (χ0n) is 12.7. The van der Waals surface area contributed by atoms with E-state index >= 15 is 0 Å². The van der Waals surface area contributed by atoms with Crippen LogP contribution >= 0.6 is 0 Å². The summed E-state index contributed by atoms with van der Waals surface area (Å²) in [6.45, 7) is 4.36. The van der Waals surface area contributed by atoms with Crippen LogP contribution in [-0.4, -0.2) is 34.6 Å². The van der Waals surface area contributed by atoms with Crippen molar-refractivity contribution in [1.82, 2.24) is 0 Å². The third-order valence-corrected chi connectivity index (χ3v) is 4.03. The number of ether oxygens (including phenoxy) is 1. The smallest absolute Gasteiger partial charge is 0.0867 e. The number of rotatable bonds is 12. The maximum atomic E-state index is 9.92. The van der Waals surface area contributed by atoms with E-state index in [1.54, 1.807) is 0 Å². The standard InChI is InChI=1S/C16H32O3/c1-3-5-6-7-8-9-11-13(17)14(18)12-16-15(19-16)10-4-2/h13-18H,3-12H2,1-2H3. The van der Waals surface area contributed by atoms with E-state index < -0.39 is 12.2 Å². The fraction of sp³-hybridized carbons (Fsp3) is 1.00. The van der Waals surface area contributed by atoms with Gasteiger partial charge >= 0.3 is 0 Å². The molecule has 114 valence electrons. The zero-order valence-corrected chi connectivity index (χ0v) is 12.7. The molecule has 4 unspecified atom stereocenters. The molecule has 0 aromatic rings. The van der Waals surface area contributed by atoms with Crippen LogP contribution in [0.15, 0.2) is 0 Å². The molecule has 1 saturated heterocycles. The molecule has 0 saturated carbocycles. The van der Waals surface area contributed by atoms with Crippen LogP contribution in [0.4, 0.5) is 0 Å². The van der Waals surface area contributed by atoms with Crippen LogP contribution in [0.3, 0.4) is 0 Å². The molecule has 0 amide bonds. The summed E-state index contributed by atoms with van der Waals surface area (Å²) in [4.78, 5) is 0. The molecular formula is C16H32O3. The second-order valence-electron chi connectivity index (χ2n) is 5.93. The Balaban J connectivity index is 1.98. The van der Waals surface area contributed by atoms with Gasteiger partial charge in [0.1, 0.15) is 0 Å². The first-order valence-corrected chi connectivity index (χ1v) is 8.20. The molecule has 0 aromatic heterocycles. The maximum absolute atomic E-state index is 9.92. The Morgan fingerprint density at radius 1 is 0.842 bits per heavy atom. The predicted molar refractivity (Wildman–Crippen MR) is 78.2 cm³/mol. The van der Waals surface area contributed by atoms with Crippen molar-refractivity contribution in [3.8, 4) is 0 Å². The SMILES string of the molecule is CCCCCCCCC(O)C(O)CC1OC1CCC. The second kappa shape index (κ2) is 9.73. The summed E-state index contributed by atoms with van der Waals surface area (Å²) in [6, 6.07) is 0. The summed E-state index contributed by atoms with van der Waals surface area (Å²) in [5.74, 6) is 0. The highest BCUT2D eigenvalue weighted by Gasteiger charge is 2.39. The Hall–Kier alpha value is -0.120. The average molecular weight is 272 g/mol. The van der Waals surface area contributed by atoms with Gasteiger partial charge in [0.15, 0.2) is 0 Å². The van der Waals surface area contributed by atoms with Crippen molar-refractivity contribution < 1.29 is 14.9 Å². The van der Waals surface area contributed by atoms with Gasteiger partial charge in [0.25, 0.3) is 0 Å². The summed E-state index contributed by atoms with van der Waals surface area (Å²) in [5, 5.41) is 19.8. The molecule has 0 bridgehead atoms. The molecule has 1 fully saturated rings. The van der Waals surface area contributed by atoms with Gasteiger partial charge in [0.2, 0.25) is 0 Å². The molecule has 3 heteroatoms. The monoisotopic (exact) mass is 272 g/mol. The van der Waals surface area contributed by atoms with Crippen molar-refractivity contribution in [3.63, 3.8) is 0 Å². The minimum absolute atomic E-state index is 0.189. The van der Waals surface area contributed by atoms with Crippen molar-refractivity contribution in [2.45, 2.75) is 102 Å². The van der Waals surface area contributed by atoms with Gasteiger partial charge in [0, 0.05) is 6.42 Å². The molecule has 3 nitrogen and oxygen atoms in total. The van der Waals surface area contributed by atoms with Crippen molar-refractivity contribution >= 4 is 0 Å². The topological polar surface area (TPSA) is 53.0 Å². The molecule has 1 heterocycles. The lowest BCUT2D eigenvalue weighted by atomic mass is 10.00. The van der Waals surface area contributed by atoms with E-state index in [4.69, 9.17) is 4.74 Å². The molecule has 19 heavy (non-hydrogen) atoms. The molecule has 1 aliphatic rings. The van der Waals surface area contributed by atoms with Crippen molar-refractivity contribution in [1.29, 1.82) is 0 Å². The minimum atomic E-state index is -0.609. The summed E-state index contributed by atoms with van der Waals surface area (Å²) in [7, 11) is 0. The minimum Gasteiger partial charge on any atom is -0.390 e. The van der Waals surface area contributed by atoms with Crippen LogP contribution in [0.1, 0.15) is 78.1 Å². The number of aliphatic hydroxyl groups excluding tert-OH is 2. The van der Waals surface area contributed by atoms with Gasteiger partial charge in [-0.15, -0.1) is 0 Å². The third kappa shape index (κ3) is 7.28. The van der Waals surface area contributed by atoms with Gasteiger partial charge in [-0.3, -0.25) is 0 Å². The van der Waals surface area contributed by atoms with Crippen molar-refractivity contribution in [3.05, 3.63) is 0 Å². The first-order valence-electron chi connectivity index (χ1n) is 8.20. The van der Waals surface area contributed by atoms with Gasteiger partial charge in [0.05, 0.1) is 24.4 Å². The average Bonchev–Trinajstić information content (AvgIpc) is 3.11. The Labute approximate surface area is 118 Å². The Kier molecular flexibility index (Phi) is 8.67. The molecule has 0 spiro atoms. The predicted octanol–water partition coefficient (Wildman–Crippen LogP) is 3.42. The van der Waals surface area contributed by atoms with E-state index in [9.17, 15) is 10.2 Å². The van der Waals surface area contributed by atoms with E-state index in [0.29, 0.717) is 12.5 Å². The van der Waals surface area contributed by atoms with E-state index in [1.165, 1.54) is 32.1 Å². The lowest BCUT2D eigenvalue weighted by Crippen LogP contribution is -2.27.